The maximum atomic E-state index is 4.91. The third-order valence-electron chi connectivity index (χ3n) is 3.96. The maximum Gasteiger partial charge on any atom is 0.160 e. The second-order valence-electron chi connectivity index (χ2n) is 5.21. The molecule has 2 aliphatic rings. The van der Waals surface area contributed by atoms with E-state index < -0.39 is 0 Å². The number of pyridine rings is 1. The van der Waals surface area contributed by atoms with Crippen molar-refractivity contribution >= 4 is 34.7 Å². The molecule has 19 heavy (non-hydrogen) atoms. The largest absolute Gasteiger partial charge is 0.300 e. The Labute approximate surface area is 121 Å². The Morgan fingerprint density at radius 1 is 1.26 bits per heavy atom. The summed E-state index contributed by atoms with van der Waals surface area (Å²) in [5, 5.41) is 0.556. The van der Waals surface area contributed by atoms with E-state index in [-0.39, 0.29) is 0 Å². The van der Waals surface area contributed by atoms with Gasteiger partial charge in [0.15, 0.2) is 5.65 Å². The molecule has 2 aromatic rings. The molecule has 2 aromatic heterocycles. The van der Waals surface area contributed by atoms with E-state index in [4.69, 9.17) is 4.98 Å². The van der Waals surface area contributed by atoms with Crippen LogP contribution in [0.2, 0.25) is 0 Å². The van der Waals surface area contributed by atoms with Crippen LogP contribution in [-0.4, -0.2) is 31.8 Å². The van der Waals surface area contributed by atoms with E-state index in [0.717, 1.165) is 11.2 Å². The number of hydrogen-bond donors (Lipinski definition) is 0. The maximum absolute atomic E-state index is 4.91. The Kier molecular flexibility index (Phi) is 3.19. The van der Waals surface area contributed by atoms with Crippen molar-refractivity contribution in [1.82, 2.24) is 14.5 Å². The average molecular weight is 291 g/mol. The monoisotopic (exact) mass is 291 g/mol. The molecule has 2 saturated heterocycles. The van der Waals surface area contributed by atoms with Gasteiger partial charge in [-0.25, -0.2) is 9.97 Å². The number of nitrogens with zero attached hydrogens (tertiary/aromatic N) is 3. The van der Waals surface area contributed by atoms with Gasteiger partial charge in [0.25, 0.3) is 0 Å². The first-order chi connectivity index (χ1) is 9.43. The fraction of sp³-hybridized carbons (Fsp3) is 0.571. The van der Waals surface area contributed by atoms with Crippen molar-refractivity contribution in [1.29, 1.82) is 0 Å². The SMILES string of the molecule is c1cnc2c(c1)nc(C1CCSC1)n2C1CCCS1. The molecule has 0 aromatic carbocycles. The number of fused-ring (bicyclic) bond motifs is 1. The smallest absolute Gasteiger partial charge is 0.160 e. The molecule has 0 radical (unpaired) electrons. The van der Waals surface area contributed by atoms with Crippen LogP contribution in [0, 0.1) is 0 Å². The fourth-order valence-electron chi connectivity index (χ4n) is 3.02. The van der Waals surface area contributed by atoms with E-state index in [1.165, 1.54) is 42.3 Å². The number of rotatable bonds is 2. The number of imidazole rings is 1. The first-order valence-electron chi connectivity index (χ1n) is 6.95. The first-order valence-corrected chi connectivity index (χ1v) is 9.16. The Hall–Kier alpha value is -0.680. The lowest BCUT2D eigenvalue weighted by Gasteiger charge is -2.17. The van der Waals surface area contributed by atoms with E-state index in [1.807, 2.05) is 12.3 Å². The molecule has 0 bridgehead atoms. The second kappa shape index (κ2) is 5.02. The van der Waals surface area contributed by atoms with Crippen molar-refractivity contribution < 1.29 is 0 Å². The fourth-order valence-corrected chi connectivity index (χ4v) is 5.54. The lowest BCUT2D eigenvalue weighted by molar-refractivity contribution is 0.586. The van der Waals surface area contributed by atoms with Crippen molar-refractivity contribution in [2.45, 2.75) is 30.6 Å². The zero-order valence-electron chi connectivity index (χ0n) is 10.8. The molecule has 3 nitrogen and oxygen atoms in total. The summed E-state index contributed by atoms with van der Waals surface area (Å²) in [5.41, 5.74) is 2.16. The molecular formula is C14H17N3S2. The van der Waals surface area contributed by atoms with E-state index >= 15 is 0 Å². The van der Waals surface area contributed by atoms with Crippen molar-refractivity contribution in [2.75, 3.05) is 17.3 Å². The zero-order valence-corrected chi connectivity index (χ0v) is 12.4. The average Bonchev–Trinajstić information content (AvgIpc) is 3.17. The predicted molar refractivity (Wildman–Crippen MR) is 82.9 cm³/mol. The molecule has 0 amide bonds. The zero-order chi connectivity index (χ0) is 12.7. The number of hydrogen-bond acceptors (Lipinski definition) is 4. The van der Waals surface area contributed by atoms with Crippen LogP contribution in [0.4, 0.5) is 0 Å². The van der Waals surface area contributed by atoms with Crippen LogP contribution in [0.5, 0.6) is 0 Å². The van der Waals surface area contributed by atoms with Crippen LogP contribution in [-0.2, 0) is 0 Å². The molecule has 4 heterocycles. The lowest BCUT2D eigenvalue weighted by atomic mass is 10.1. The molecule has 2 atom stereocenters. The van der Waals surface area contributed by atoms with Crippen LogP contribution >= 0.6 is 23.5 Å². The number of thioether (sulfide) groups is 2. The van der Waals surface area contributed by atoms with E-state index in [0.29, 0.717) is 11.3 Å². The van der Waals surface area contributed by atoms with Crippen molar-refractivity contribution in [3.63, 3.8) is 0 Å². The minimum absolute atomic E-state index is 0.556. The molecule has 0 spiro atoms. The van der Waals surface area contributed by atoms with Gasteiger partial charge in [0.05, 0.1) is 5.37 Å². The quantitative estimate of drug-likeness (QED) is 0.844. The van der Waals surface area contributed by atoms with Crippen LogP contribution in [0.25, 0.3) is 11.2 Å². The summed E-state index contributed by atoms with van der Waals surface area (Å²) < 4.78 is 2.45. The third kappa shape index (κ3) is 2.07. The normalized spacial score (nSPS) is 27.4. The standard InChI is InChI=1S/C14H17N3S2/c1-3-11-14(15-6-1)17(12-4-2-7-19-12)13(16-11)10-5-8-18-9-10/h1,3,6,10,12H,2,4-5,7-9H2. The highest BCUT2D eigenvalue weighted by Gasteiger charge is 2.29. The molecule has 4 rings (SSSR count). The molecule has 5 heteroatoms. The van der Waals surface area contributed by atoms with E-state index in [2.05, 4.69) is 39.1 Å². The summed E-state index contributed by atoms with van der Waals surface area (Å²) >= 11 is 4.12. The van der Waals surface area contributed by atoms with E-state index in [1.54, 1.807) is 0 Å². The number of aromatic nitrogens is 3. The highest BCUT2D eigenvalue weighted by atomic mass is 32.2. The van der Waals surface area contributed by atoms with Crippen LogP contribution in [0.15, 0.2) is 18.3 Å². The summed E-state index contributed by atoms with van der Waals surface area (Å²) in [6, 6.07) is 4.10. The second-order valence-corrected chi connectivity index (χ2v) is 7.65. The van der Waals surface area contributed by atoms with Gasteiger partial charge < -0.3 is 0 Å². The molecule has 2 fully saturated rings. The summed E-state index contributed by atoms with van der Waals surface area (Å²) in [5.74, 6) is 5.69. The Morgan fingerprint density at radius 3 is 3.05 bits per heavy atom. The topological polar surface area (TPSA) is 30.7 Å². The summed E-state index contributed by atoms with van der Waals surface area (Å²) in [4.78, 5) is 9.51. The van der Waals surface area contributed by atoms with Gasteiger partial charge in [-0.15, -0.1) is 11.8 Å². The highest BCUT2D eigenvalue weighted by Crippen LogP contribution is 2.41. The summed E-state index contributed by atoms with van der Waals surface area (Å²) in [7, 11) is 0. The Balaban J connectivity index is 1.87. The van der Waals surface area contributed by atoms with Crippen LogP contribution < -0.4 is 0 Å². The Morgan fingerprint density at radius 2 is 2.26 bits per heavy atom. The molecule has 0 N–H and O–H groups in total. The van der Waals surface area contributed by atoms with Crippen molar-refractivity contribution in [3.8, 4) is 0 Å². The van der Waals surface area contributed by atoms with Crippen LogP contribution in [0.1, 0.15) is 36.4 Å². The minimum atomic E-state index is 0.556. The summed E-state index contributed by atoms with van der Waals surface area (Å²) in [6.07, 6.45) is 5.75. The molecule has 100 valence electrons. The van der Waals surface area contributed by atoms with Gasteiger partial charge in [0, 0.05) is 17.9 Å². The molecule has 2 aliphatic heterocycles. The summed E-state index contributed by atoms with van der Waals surface area (Å²) in [6.45, 7) is 0. The van der Waals surface area contributed by atoms with Gasteiger partial charge in [-0.05, 0) is 42.9 Å². The Bertz CT molecular complexity index is 583. The first kappa shape index (κ1) is 12.1. The highest BCUT2D eigenvalue weighted by molar-refractivity contribution is 7.99. The van der Waals surface area contributed by atoms with Gasteiger partial charge in [0.2, 0.25) is 0 Å². The minimum Gasteiger partial charge on any atom is -0.300 e. The lowest BCUT2D eigenvalue weighted by Crippen LogP contribution is -2.11. The molecule has 2 unspecified atom stereocenters. The van der Waals surface area contributed by atoms with E-state index in [9.17, 15) is 0 Å². The van der Waals surface area contributed by atoms with Gasteiger partial charge in [-0.3, -0.25) is 4.57 Å². The van der Waals surface area contributed by atoms with Crippen molar-refractivity contribution in [3.05, 3.63) is 24.2 Å². The van der Waals surface area contributed by atoms with Gasteiger partial charge in [0.1, 0.15) is 11.3 Å². The predicted octanol–water partition coefficient (Wildman–Crippen LogP) is 3.68. The molecule has 0 aliphatic carbocycles. The molecular weight excluding hydrogens is 274 g/mol. The molecule has 0 saturated carbocycles. The van der Waals surface area contributed by atoms with Crippen molar-refractivity contribution in [2.24, 2.45) is 0 Å². The third-order valence-corrected chi connectivity index (χ3v) is 6.48. The van der Waals surface area contributed by atoms with Crippen LogP contribution in [0.3, 0.4) is 0 Å². The van der Waals surface area contributed by atoms with Gasteiger partial charge in [-0.1, -0.05) is 0 Å². The van der Waals surface area contributed by atoms with Gasteiger partial charge >= 0.3 is 0 Å². The van der Waals surface area contributed by atoms with Gasteiger partial charge in [-0.2, -0.15) is 11.8 Å².